The van der Waals surface area contributed by atoms with Crippen molar-refractivity contribution >= 4 is 23.7 Å². The van der Waals surface area contributed by atoms with E-state index in [0.29, 0.717) is 44.9 Å². The molecule has 6 rings (SSSR count). The van der Waals surface area contributed by atoms with Crippen molar-refractivity contribution < 1.29 is 14.4 Å². The van der Waals surface area contributed by atoms with Gasteiger partial charge in [0.25, 0.3) is 0 Å². The molecule has 0 radical (unpaired) electrons. The van der Waals surface area contributed by atoms with Crippen molar-refractivity contribution in [3.63, 3.8) is 0 Å². The van der Waals surface area contributed by atoms with Gasteiger partial charge in [-0.05, 0) is 80.3 Å². The molecule has 3 saturated heterocycles. The summed E-state index contributed by atoms with van der Waals surface area (Å²) in [7, 11) is 2.18. The maximum absolute atomic E-state index is 14.2. The van der Waals surface area contributed by atoms with Gasteiger partial charge >= 0.3 is 12.1 Å². The Bertz CT molecular complexity index is 1430. The van der Waals surface area contributed by atoms with Crippen LogP contribution in [0.2, 0.25) is 0 Å². The highest BCUT2D eigenvalue weighted by Gasteiger charge is 2.35. The summed E-state index contributed by atoms with van der Waals surface area (Å²) in [4.78, 5) is 51.8. The molecule has 0 unspecified atom stereocenters. The number of nitrogens with zero attached hydrogens (tertiary/aromatic N) is 5. The van der Waals surface area contributed by atoms with E-state index in [2.05, 4.69) is 65.6 Å². The second-order valence-corrected chi connectivity index (χ2v) is 14.2. The first-order chi connectivity index (χ1) is 23.3. The van der Waals surface area contributed by atoms with Gasteiger partial charge in [0.05, 0.1) is 0 Å². The van der Waals surface area contributed by atoms with Crippen LogP contribution in [0.25, 0.3) is 0 Å². The van der Waals surface area contributed by atoms with Crippen molar-refractivity contribution in [2.24, 2.45) is 0 Å². The lowest BCUT2D eigenvalue weighted by Crippen LogP contribution is -2.58. The Morgan fingerprint density at radius 1 is 0.812 bits per heavy atom. The zero-order valence-electron chi connectivity index (χ0n) is 29.3. The number of amides is 5. The molecule has 0 aromatic heterocycles. The summed E-state index contributed by atoms with van der Waals surface area (Å²) < 4.78 is 0. The Labute approximate surface area is 286 Å². The number of likely N-dealkylation sites (tertiary alicyclic amines) is 2. The molecule has 4 heterocycles. The number of rotatable bonds is 8. The summed E-state index contributed by atoms with van der Waals surface area (Å²) >= 11 is 0. The Morgan fingerprint density at radius 3 is 2.19 bits per heavy atom. The van der Waals surface area contributed by atoms with Crippen molar-refractivity contribution in [3.8, 4) is 0 Å². The summed E-state index contributed by atoms with van der Waals surface area (Å²) in [6.45, 7) is 11.9. The van der Waals surface area contributed by atoms with Gasteiger partial charge in [-0.25, -0.2) is 9.59 Å². The number of aryl methyl sites for hydroxylation is 2. The lowest BCUT2D eigenvalue weighted by Gasteiger charge is -2.42. The summed E-state index contributed by atoms with van der Waals surface area (Å²) in [6.07, 6.45) is 6.59. The van der Waals surface area contributed by atoms with E-state index in [-0.39, 0.29) is 24.0 Å². The van der Waals surface area contributed by atoms with Crippen LogP contribution in [0.1, 0.15) is 61.8 Å². The van der Waals surface area contributed by atoms with Crippen LogP contribution < -0.4 is 10.6 Å². The topological polar surface area (TPSA) is 91.5 Å². The minimum atomic E-state index is -0.623. The molecule has 4 aliphatic rings. The van der Waals surface area contributed by atoms with Gasteiger partial charge in [-0.1, -0.05) is 50.2 Å². The van der Waals surface area contributed by atoms with Crippen LogP contribution in [0.15, 0.2) is 42.5 Å². The van der Waals surface area contributed by atoms with Crippen molar-refractivity contribution in [2.75, 3.05) is 71.3 Å². The number of likely N-dealkylation sites (N-methyl/N-ethyl adjacent to an activating group) is 1. The Morgan fingerprint density at radius 2 is 1.48 bits per heavy atom. The molecule has 5 amide bonds. The van der Waals surface area contributed by atoms with Crippen LogP contribution in [0, 0.1) is 0 Å². The Balaban J connectivity index is 1.09. The molecule has 10 nitrogen and oxygen atoms in total. The number of para-hydroxylation sites is 1. The fourth-order valence-corrected chi connectivity index (χ4v) is 8.13. The number of fused-ring (bicyclic) bond motifs is 1. The summed E-state index contributed by atoms with van der Waals surface area (Å²) in [6, 6.07) is 14.2. The van der Waals surface area contributed by atoms with Gasteiger partial charge in [0.1, 0.15) is 6.04 Å². The Hall–Kier alpha value is -3.63. The number of benzene rings is 2. The monoisotopic (exact) mass is 657 g/mol. The van der Waals surface area contributed by atoms with Gasteiger partial charge in [-0.3, -0.25) is 9.69 Å². The lowest BCUT2D eigenvalue weighted by atomic mass is 9.95. The van der Waals surface area contributed by atoms with Crippen LogP contribution in [-0.2, 0) is 30.5 Å². The fraction of sp³-hybridized carbons (Fsp3) is 0.605. The first-order valence-electron chi connectivity index (χ1n) is 18.4. The highest BCUT2D eigenvalue weighted by atomic mass is 16.2. The van der Waals surface area contributed by atoms with Gasteiger partial charge in [-0.15, -0.1) is 0 Å². The summed E-state index contributed by atoms with van der Waals surface area (Å²) in [5, 5.41) is 6.27. The molecule has 0 aliphatic carbocycles. The highest BCUT2D eigenvalue weighted by Crippen LogP contribution is 2.25. The van der Waals surface area contributed by atoms with Crippen LogP contribution in [-0.4, -0.2) is 127 Å². The number of carbonyl (C=O) groups excluding carboxylic acids is 3. The maximum Gasteiger partial charge on any atom is 0.322 e. The molecule has 3 fully saturated rings. The van der Waals surface area contributed by atoms with Gasteiger partial charge in [-0.2, -0.15) is 0 Å². The molecule has 48 heavy (non-hydrogen) atoms. The number of nitrogens with one attached hydrogen (secondary N) is 2. The van der Waals surface area contributed by atoms with Gasteiger partial charge < -0.3 is 30.2 Å². The summed E-state index contributed by atoms with van der Waals surface area (Å²) in [5.74, 6) is 0.0217. The van der Waals surface area contributed by atoms with Gasteiger partial charge in [0.15, 0.2) is 0 Å². The third kappa shape index (κ3) is 7.97. The zero-order chi connectivity index (χ0) is 33.6. The molecule has 0 saturated carbocycles. The number of hydrogen-bond acceptors (Lipinski definition) is 5. The van der Waals surface area contributed by atoms with E-state index in [1.165, 1.54) is 11.1 Å². The molecule has 2 N–H and O–H groups in total. The minimum Gasteiger partial charge on any atom is -0.341 e. The highest BCUT2D eigenvalue weighted by molar-refractivity contribution is 5.91. The van der Waals surface area contributed by atoms with E-state index < -0.39 is 6.04 Å². The predicted octanol–water partition coefficient (Wildman–Crippen LogP) is 4.23. The van der Waals surface area contributed by atoms with E-state index in [1.54, 1.807) is 0 Å². The van der Waals surface area contributed by atoms with Crippen molar-refractivity contribution in [2.45, 2.75) is 83.3 Å². The van der Waals surface area contributed by atoms with Crippen LogP contribution >= 0.6 is 0 Å². The lowest BCUT2D eigenvalue weighted by molar-refractivity contribution is -0.135. The average molecular weight is 658 g/mol. The first kappa shape index (κ1) is 34.2. The second-order valence-electron chi connectivity index (χ2n) is 14.2. The molecular formula is C38H55N7O3. The second kappa shape index (κ2) is 15.7. The van der Waals surface area contributed by atoms with Crippen LogP contribution in [0.4, 0.5) is 15.3 Å². The number of piperidine rings is 2. The normalized spacial score (nSPS) is 21.0. The number of carbonyl (C=O) groups is 3. The molecule has 4 aliphatic heterocycles. The minimum absolute atomic E-state index is 0.0217. The van der Waals surface area contributed by atoms with Crippen molar-refractivity contribution in [1.29, 1.82) is 0 Å². The predicted molar refractivity (Wildman–Crippen MR) is 190 cm³/mol. The van der Waals surface area contributed by atoms with E-state index in [1.807, 2.05) is 32.9 Å². The number of urea groups is 2. The van der Waals surface area contributed by atoms with E-state index in [9.17, 15) is 14.4 Å². The fourth-order valence-electron chi connectivity index (χ4n) is 8.13. The zero-order valence-corrected chi connectivity index (χ0v) is 29.3. The van der Waals surface area contributed by atoms with E-state index in [0.717, 1.165) is 88.2 Å². The number of piperazine rings is 1. The first-order valence-corrected chi connectivity index (χ1v) is 18.4. The summed E-state index contributed by atoms with van der Waals surface area (Å²) in [5.41, 5.74) is 5.77. The van der Waals surface area contributed by atoms with Gasteiger partial charge in [0.2, 0.25) is 5.91 Å². The van der Waals surface area contributed by atoms with E-state index in [4.69, 9.17) is 0 Å². The molecule has 2 aromatic carbocycles. The third-order valence-corrected chi connectivity index (χ3v) is 11.2. The standard InChI is InChI=1S/C38H55N7O3/c1-4-29-11-10-28(26-30(29)5-2)27-35(36(46)43-17-13-32(14-18-43)42-24-22-41(3)23-25-42)40-37(47)44-19-15-33(16-20-44)45-21-12-31-8-6-7-9-34(31)39-38(45)48/h6-11,26,32-33,35H,4-5,12-25,27H2,1-3H3,(H,39,48)(H,40,47)/t35-/m1/s1. The molecule has 260 valence electrons. The van der Waals surface area contributed by atoms with Crippen LogP contribution in [0.3, 0.4) is 0 Å². The molecular weight excluding hydrogens is 602 g/mol. The van der Waals surface area contributed by atoms with E-state index >= 15 is 0 Å². The number of hydrogen-bond donors (Lipinski definition) is 2. The number of anilines is 1. The quantitative estimate of drug-likeness (QED) is 0.444. The van der Waals surface area contributed by atoms with Crippen molar-refractivity contribution in [1.82, 2.24) is 29.8 Å². The molecule has 0 spiro atoms. The molecule has 1 atom stereocenters. The maximum atomic E-state index is 14.2. The third-order valence-electron chi connectivity index (χ3n) is 11.2. The Kier molecular flexibility index (Phi) is 11.2. The largest absolute Gasteiger partial charge is 0.341 e. The van der Waals surface area contributed by atoms with Crippen LogP contribution in [0.5, 0.6) is 0 Å². The smallest absolute Gasteiger partial charge is 0.322 e. The SMILES string of the molecule is CCc1ccc(C[C@@H](NC(=O)N2CCC(N3CCc4ccccc4NC3=O)CC2)C(=O)N2CCC(N3CCN(C)CC3)CC2)cc1CC. The van der Waals surface area contributed by atoms with Crippen molar-refractivity contribution in [3.05, 3.63) is 64.7 Å². The van der Waals surface area contributed by atoms with Gasteiger partial charge in [0, 0.05) is 83.1 Å². The average Bonchev–Trinajstić information content (AvgIpc) is 3.29. The molecule has 10 heteroatoms. The molecule has 0 bridgehead atoms. The molecule has 2 aromatic rings.